The van der Waals surface area contributed by atoms with Gasteiger partial charge in [0.15, 0.2) is 17.4 Å². The summed E-state index contributed by atoms with van der Waals surface area (Å²) in [6.45, 7) is 5.49. The largest absolute Gasteiger partial charge is 0.486 e. The Kier molecular flexibility index (Phi) is 27.5. The summed E-state index contributed by atoms with van der Waals surface area (Å²) in [5, 5.41) is 4.85. The standard InChI is InChI=1S/C28H26ClN3O3S.C27H26N4O3S.C26H24ClN3O4S/c1-21(33)6-7-22-4-2-5-24(18-22)20-32(36(34,35)27-14-12-26(29)13-15-27)19-23-8-10-25(11-9-23)28-30-16-3-17-31-28;1-21(32)8-9-22-5-2-6-24(17-22)20-31(35(33,34)26-7-3-14-28-18-26)19-23-10-12-25(13-11-23)27-29-15-4-16-30-27;1-20(31)19-34-24-7-4-6-22(16-24)18-29(35(32,33)26-9-3-2-8-25(26)27)17-21-10-12-23(13-11-21)30-15-5-14-28-30/h2-5,8-18H,6-7,19-20H2,1H3;2-7,10-18H,8-9,19-20H2,1H3;2-16H,17-19H2,1H3. The highest BCUT2D eigenvalue weighted by Crippen LogP contribution is 2.30. The highest BCUT2D eigenvalue weighted by atomic mass is 35.5. The number of sulfonamides is 3. The monoisotopic (exact) mass is 1510 g/mol. The van der Waals surface area contributed by atoms with E-state index in [2.05, 4.69) is 30.0 Å². The number of Topliss-reactive ketones (excluding diaryl/α,β-unsaturated/α-hetero) is 3. The Balaban J connectivity index is 0.000000170. The van der Waals surface area contributed by atoms with E-state index in [-0.39, 0.29) is 82.9 Å². The molecular weight excluding hydrogens is 1440 g/mol. The fourth-order valence-electron chi connectivity index (χ4n) is 11.0. The van der Waals surface area contributed by atoms with E-state index in [4.69, 9.17) is 27.9 Å². The number of ketones is 3. The minimum Gasteiger partial charge on any atom is -0.486 e. The predicted octanol–water partition coefficient (Wildman–Crippen LogP) is 15.0. The van der Waals surface area contributed by atoms with Crippen molar-refractivity contribution in [2.24, 2.45) is 0 Å². The van der Waals surface area contributed by atoms with Crippen LogP contribution in [0.4, 0.5) is 0 Å². The minimum atomic E-state index is -3.93. The number of aryl methyl sites for hydroxylation is 2. The molecular formula is C81H76Cl2N10O10S3. The van der Waals surface area contributed by atoms with Crippen LogP contribution in [0.15, 0.2) is 289 Å². The van der Waals surface area contributed by atoms with Gasteiger partial charge in [-0.3, -0.25) is 9.78 Å². The Morgan fingerprint density at radius 3 is 1.32 bits per heavy atom. The van der Waals surface area contributed by atoms with Crippen molar-refractivity contribution in [3.8, 4) is 34.2 Å². The number of carbonyl (C=O) groups is 3. The smallest absolute Gasteiger partial charge is 0.245 e. The van der Waals surface area contributed by atoms with Crippen molar-refractivity contribution >= 4 is 70.6 Å². The number of ether oxygens (including phenoxy) is 1. The van der Waals surface area contributed by atoms with Crippen molar-refractivity contribution in [1.82, 2.24) is 47.6 Å². The van der Waals surface area contributed by atoms with Gasteiger partial charge in [-0.1, -0.05) is 157 Å². The van der Waals surface area contributed by atoms with Crippen LogP contribution >= 0.6 is 23.2 Å². The third-order valence-electron chi connectivity index (χ3n) is 16.4. The SMILES string of the molecule is CC(=O)CCc1cccc(CN(Cc2ccc(-c3ncccn3)cc2)S(=O)(=O)c2ccc(Cl)cc2)c1.CC(=O)CCc1cccc(CN(Cc2ccc(-c3ncccn3)cc2)S(=O)(=O)c2cccnc2)c1.CC(=O)COc1cccc(CN(Cc2ccc(-n3cccn3)cc2)S(=O)(=O)c2ccccc2Cl)c1. The average molecular weight is 1520 g/mol. The zero-order valence-corrected chi connectivity index (χ0v) is 62.3. The lowest BCUT2D eigenvalue weighted by molar-refractivity contribution is -0.119. The lowest BCUT2D eigenvalue weighted by Crippen LogP contribution is -2.30. The van der Waals surface area contributed by atoms with Crippen LogP contribution in [0.25, 0.3) is 28.5 Å². The third-order valence-corrected chi connectivity index (χ3v) is 22.6. The van der Waals surface area contributed by atoms with Gasteiger partial charge in [0.25, 0.3) is 0 Å². The van der Waals surface area contributed by atoms with Gasteiger partial charge in [-0.2, -0.15) is 18.0 Å². The van der Waals surface area contributed by atoms with Crippen LogP contribution < -0.4 is 4.74 Å². The van der Waals surface area contributed by atoms with Gasteiger partial charge in [0.1, 0.15) is 33.7 Å². The van der Waals surface area contributed by atoms with Crippen LogP contribution in [0.5, 0.6) is 5.75 Å². The van der Waals surface area contributed by atoms with Crippen molar-refractivity contribution in [3.63, 3.8) is 0 Å². The lowest BCUT2D eigenvalue weighted by Gasteiger charge is -2.23. The van der Waals surface area contributed by atoms with Crippen molar-refractivity contribution in [3.05, 3.63) is 329 Å². The first-order valence-corrected chi connectivity index (χ1v) is 38.7. The molecule has 0 aliphatic carbocycles. The maximum absolute atomic E-state index is 13.7. The molecule has 0 atom stereocenters. The molecule has 4 aromatic heterocycles. The molecule has 12 aromatic rings. The first-order chi connectivity index (χ1) is 51.0. The number of hydrogen-bond acceptors (Lipinski definition) is 16. The van der Waals surface area contributed by atoms with Crippen molar-refractivity contribution < 1.29 is 44.4 Å². The molecule has 0 saturated heterocycles. The third kappa shape index (κ3) is 22.5. The first-order valence-electron chi connectivity index (χ1n) is 33.6. The molecule has 0 spiro atoms. The summed E-state index contributed by atoms with van der Waals surface area (Å²) in [4.78, 5) is 55.5. The topological polar surface area (TPSA) is 255 Å². The van der Waals surface area contributed by atoms with E-state index >= 15 is 0 Å². The quantitative estimate of drug-likeness (QED) is 0.0405. The van der Waals surface area contributed by atoms with Gasteiger partial charge in [-0.25, -0.2) is 49.9 Å². The van der Waals surface area contributed by atoms with Gasteiger partial charge >= 0.3 is 0 Å². The van der Waals surface area contributed by atoms with Gasteiger partial charge in [0.2, 0.25) is 30.1 Å². The molecule has 0 aliphatic rings. The number of carbonyl (C=O) groups excluding carboxylic acids is 3. The molecule has 20 nitrogen and oxygen atoms in total. The Labute approximate surface area is 628 Å². The van der Waals surface area contributed by atoms with E-state index in [1.165, 1.54) is 44.2 Å². The lowest BCUT2D eigenvalue weighted by atomic mass is 10.0. The molecule has 0 radical (unpaired) electrons. The molecule has 0 fully saturated rings. The summed E-state index contributed by atoms with van der Waals surface area (Å²) in [5.74, 6) is 1.86. The number of aromatic nitrogens is 7. The Bertz CT molecular complexity index is 5260. The summed E-state index contributed by atoms with van der Waals surface area (Å²) in [6.07, 6.45) is 15.3. The highest BCUT2D eigenvalue weighted by Gasteiger charge is 2.30. The predicted molar refractivity (Wildman–Crippen MR) is 408 cm³/mol. The summed E-state index contributed by atoms with van der Waals surface area (Å²) in [5.41, 5.74) is 9.48. The molecule has 542 valence electrons. The normalized spacial score (nSPS) is 11.5. The molecule has 0 saturated carbocycles. The summed E-state index contributed by atoms with van der Waals surface area (Å²) in [6, 6.07) is 66.2. The second-order valence-corrected chi connectivity index (χ2v) is 31.4. The summed E-state index contributed by atoms with van der Waals surface area (Å²) >= 11 is 12.3. The van der Waals surface area contributed by atoms with Crippen molar-refractivity contribution in [1.29, 1.82) is 0 Å². The molecule has 0 aliphatic heterocycles. The van der Waals surface area contributed by atoms with Crippen LogP contribution in [0, 0.1) is 0 Å². The second-order valence-electron chi connectivity index (χ2n) is 24.7. The van der Waals surface area contributed by atoms with Crippen LogP contribution in [-0.4, -0.2) is 96.8 Å². The zero-order chi connectivity index (χ0) is 75.1. The fourth-order valence-corrected chi connectivity index (χ4v) is 15.8. The van der Waals surface area contributed by atoms with Gasteiger partial charge < -0.3 is 14.3 Å². The number of benzene rings is 8. The van der Waals surface area contributed by atoms with Gasteiger partial charge in [0.05, 0.1) is 15.6 Å². The molecule has 106 heavy (non-hydrogen) atoms. The van der Waals surface area contributed by atoms with E-state index in [0.29, 0.717) is 48.1 Å². The Hall–Kier alpha value is -10.6. The number of halogens is 2. The van der Waals surface area contributed by atoms with Crippen LogP contribution in [-0.2, 0) is 96.6 Å². The molecule has 25 heteroatoms. The summed E-state index contributed by atoms with van der Waals surface area (Å²) < 4.78 is 93.3. The maximum atomic E-state index is 13.7. The zero-order valence-electron chi connectivity index (χ0n) is 58.3. The van der Waals surface area contributed by atoms with E-state index in [1.807, 2.05) is 140 Å². The first kappa shape index (κ1) is 78.0. The van der Waals surface area contributed by atoms with E-state index in [9.17, 15) is 39.6 Å². The number of nitrogens with zero attached hydrogens (tertiary/aromatic N) is 10. The van der Waals surface area contributed by atoms with E-state index < -0.39 is 30.1 Å². The summed E-state index contributed by atoms with van der Waals surface area (Å²) in [7, 11) is -11.6. The molecule has 8 aromatic carbocycles. The molecule has 12 rings (SSSR count). The molecule has 0 unspecified atom stereocenters. The van der Waals surface area contributed by atoms with Crippen LogP contribution in [0.2, 0.25) is 10.0 Å². The Morgan fingerprint density at radius 1 is 0.406 bits per heavy atom. The number of hydrogen-bond donors (Lipinski definition) is 0. The van der Waals surface area contributed by atoms with Crippen molar-refractivity contribution in [2.75, 3.05) is 6.61 Å². The van der Waals surface area contributed by atoms with Crippen molar-refractivity contribution in [2.45, 2.75) is 100 Å². The molecule has 0 N–H and O–H groups in total. The second kappa shape index (κ2) is 37.4. The molecule has 0 bridgehead atoms. The van der Waals surface area contributed by atoms with E-state index in [0.717, 1.165) is 61.3 Å². The van der Waals surface area contributed by atoms with Gasteiger partial charge in [-0.15, -0.1) is 0 Å². The van der Waals surface area contributed by atoms with E-state index in [1.54, 1.807) is 129 Å². The highest BCUT2D eigenvalue weighted by molar-refractivity contribution is 7.89. The molecule has 0 amide bonds. The van der Waals surface area contributed by atoms with Gasteiger partial charge in [-0.05, 0) is 169 Å². The van der Waals surface area contributed by atoms with Gasteiger partial charge in [0, 0.05) is 118 Å². The number of rotatable bonds is 30. The Morgan fingerprint density at radius 2 is 0.858 bits per heavy atom. The number of pyridine rings is 1. The minimum absolute atomic E-state index is 0.0406. The van der Waals surface area contributed by atoms with Crippen LogP contribution in [0.1, 0.15) is 78.1 Å². The molecule has 4 heterocycles. The fraction of sp³-hybridized carbons (Fsp3) is 0.173. The van der Waals surface area contributed by atoms with Crippen LogP contribution in [0.3, 0.4) is 0 Å². The maximum Gasteiger partial charge on any atom is 0.245 e. The average Bonchev–Trinajstić information content (AvgIpc) is 0.808.